The van der Waals surface area contributed by atoms with E-state index < -0.39 is 5.82 Å². The minimum atomic E-state index is -0.447. The molecule has 0 radical (unpaired) electrons. The number of ketones is 1. The van der Waals surface area contributed by atoms with Gasteiger partial charge in [0.1, 0.15) is 5.82 Å². The van der Waals surface area contributed by atoms with E-state index in [4.69, 9.17) is 4.74 Å². The molecule has 0 aliphatic rings. The summed E-state index contributed by atoms with van der Waals surface area (Å²) in [5, 5.41) is 9.59. The van der Waals surface area contributed by atoms with Crippen molar-refractivity contribution >= 4 is 11.9 Å². The number of hydrogen-bond donors (Lipinski definition) is 1. The molecule has 3 nitrogen and oxygen atoms in total. The van der Waals surface area contributed by atoms with Crippen molar-refractivity contribution in [3.05, 3.63) is 65.5 Å². The fourth-order valence-electron chi connectivity index (χ4n) is 1.82. The Bertz CT molecular complexity index is 677. The van der Waals surface area contributed by atoms with Gasteiger partial charge in [0.2, 0.25) is 0 Å². The molecule has 2 aromatic carbocycles. The summed E-state index contributed by atoms with van der Waals surface area (Å²) in [6, 6.07) is 10.3. The van der Waals surface area contributed by atoms with Crippen LogP contribution < -0.4 is 4.74 Å². The Morgan fingerprint density at radius 3 is 2.81 bits per heavy atom. The molecule has 0 heterocycles. The number of rotatable bonds is 5. The molecule has 0 saturated carbocycles. The second kappa shape index (κ2) is 6.70. The minimum Gasteiger partial charge on any atom is -0.504 e. The van der Waals surface area contributed by atoms with Gasteiger partial charge in [-0.15, -0.1) is 0 Å². The number of phenolic OH excluding ortho intramolecular Hbond substituents is 1. The van der Waals surface area contributed by atoms with E-state index in [1.54, 1.807) is 24.3 Å². The highest BCUT2D eigenvalue weighted by Gasteiger charge is 2.04. The first kappa shape index (κ1) is 14.8. The Balaban J connectivity index is 2.17. The molecule has 0 unspecified atom stereocenters. The average molecular weight is 286 g/mol. The molecular weight excluding hydrogens is 271 g/mol. The van der Waals surface area contributed by atoms with E-state index in [1.165, 1.54) is 30.3 Å². The first-order valence-electron chi connectivity index (χ1n) is 6.54. The lowest BCUT2D eigenvalue weighted by atomic mass is 10.1. The van der Waals surface area contributed by atoms with E-state index in [-0.39, 0.29) is 17.1 Å². The highest BCUT2D eigenvalue weighted by Crippen LogP contribution is 2.27. The molecule has 0 aliphatic heterocycles. The van der Waals surface area contributed by atoms with Crippen molar-refractivity contribution in [2.24, 2.45) is 0 Å². The maximum atomic E-state index is 13.1. The maximum absolute atomic E-state index is 13.1. The van der Waals surface area contributed by atoms with E-state index in [1.807, 2.05) is 6.92 Å². The molecule has 0 atom stereocenters. The highest BCUT2D eigenvalue weighted by atomic mass is 19.1. The van der Waals surface area contributed by atoms with Gasteiger partial charge in [-0.1, -0.05) is 24.3 Å². The molecule has 21 heavy (non-hydrogen) atoms. The van der Waals surface area contributed by atoms with Gasteiger partial charge in [-0.3, -0.25) is 4.79 Å². The predicted molar refractivity (Wildman–Crippen MR) is 79.0 cm³/mol. The second-order valence-corrected chi connectivity index (χ2v) is 4.37. The molecule has 2 rings (SSSR count). The van der Waals surface area contributed by atoms with Crippen molar-refractivity contribution in [2.45, 2.75) is 6.92 Å². The minimum absolute atomic E-state index is 0.0467. The number of aromatic hydroxyl groups is 1. The van der Waals surface area contributed by atoms with Crippen molar-refractivity contribution < 1.29 is 19.0 Å². The summed E-state index contributed by atoms with van der Waals surface area (Å²) in [7, 11) is 0. The van der Waals surface area contributed by atoms with Gasteiger partial charge in [-0.05, 0) is 42.8 Å². The first-order valence-corrected chi connectivity index (χ1v) is 6.54. The van der Waals surface area contributed by atoms with Crippen molar-refractivity contribution in [1.29, 1.82) is 0 Å². The summed E-state index contributed by atoms with van der Waals surface area (Å²) >= 11 is 0. The van der Waals surface area contributed by atoms with E-state index in [9.17, 15) is 14.3 Å². The van der Waals surface area contributed by atoms with Crippen molar-refractivity contribution in [2.75, 3.05) is 6.61 Å². The van der Waals surface area contributed by atoms with Crippen LogP contribution in [0.4, 0.5) is 4.39 Å². The smallest absolute Gasteiger partial charge is 0.185 e. The Morgan fingerprint density at radius 2 is 2.10 bits per heavy atom. The summed E-state index contributed by atoms with van der Waals surface area (Å²) in [5.74, 6) is -0.332. The Hall–Kier alpha value is -2.62. The summed E-state index contributed by atoms with van der Waals surface area (Å²) < 4.78 is 18.3. The van der Waals surface area contributed by atoms with Crippen LogP contribution >= 0.6 is 0 Å². The summed E-state index contributed by atoms with van der Waals surface area (Å²) in [4.78, 5) is 11.9. The molecule has 0 amide bonds. The maximum Gasteiger partial charge on any atom is 0.185 e. The van der Waals surface area contributed by atoms with Gasteiger partial charge in [0.05, 0.1) is 6.61 Å². The van der Waals surface area contributed by atoms with E-state index >= 15 is 0 Å². The topological polar surface area (TPSA) is 46.5 Å². The summed E-state index contributed by atoms with van der Waals surface area (Å²) in [6.45, 7) is 2.25. The number of benzene rings is 2. The molecule has 0 spiro atoms. The lowest BCUT2D eigenvalue weighted by molar-refractivity contribution is 0.104. The number of allylic oxidation sites excluding steroid dienone is 1. The normalized spacial score (nSPS) is 10.8. The molecule has 0 saturated heterocycles. The van der Waals surface area contributed by atoms with Crippen LogP contribution in [-0.4, -0.2) is 17.5 Å². The van der Waals surface area contributed by atoms with Gasteiger partial charge in [-0.25, -0.2) is 4.39 Å². The molecule has 0 aromatic heterocycles. The third-order valence-corrected chi connectivity index (χ3v) is 2.82. The Kier molecular flexibility index (Phi) is 4.72. The monoisotopic (exact) mass is 286 g/mol. The van der Waals surface area contributed by atoms with Gasteiger partial charge >= 0.3 is 0 Å². The van der Waals surface area contributed by atoms with Gasteiger partial charge in [0.15, 0.2) is 17.3 Å². The zero-order valence-electron chi connectivity index (χ0n) is 11.5. The largest absolute Gasteiger partial charge is 0.504 e. The van der Waals surface area contributed by atoms with Crippen LogP contribution in [0.1, 0.15) is 22.8 Å². The lowest BCUT2D eigenvalue weighted by Gasteiger charge is -2.06. The number of halogens is 1. The van der Waals surface area contributed by atoms with Crippen LogP contribution in [0, 0.1) is 5.82 Å². The van der Waals surface area contributed by atoms with Crippen LogP contribution in [0.15, 0.2) is 48.5 Å². The third-order valence-electron chi connectivity index (χ3n) is 2.82. The van der Waals surface area contributed by atoms with Crippen LogP contribution in [0.25, 0.3) is 6.08 Å². The van der Waals surface area contributed by atoms with E-state index in [0.29, 0.717) is 17.9 Å². The SMILES string of the molecule is CCOc1cc(/C=C/C(=O)c2cccc(F)c2)ccc1O. The zero-order valence-corrected chi connectivity index (χ0v) is 11.5. The van der Waals surface area contributed by atoms with E-state index in [0.717, 1.165) is 0 Å². The molecular formula is C17H15FO3. The number of phenols is 1. The van der Waals surface area contributed by atoms with Crippen LogP contribution in [0.3, 0.4) is 0 Å². The van der Waals surface area contributed by atoms with E-state index in [2.05, 4.69) is 0 Å². The predicted octanol–water partition coefficient (Wildman–Crippen LogP) is 3.83. The fraction of sp³-hybridized carbons (Fsp3) is 0.118. The standard InChI is InChI=1S/C17H15FO3/c1-2-21-17-10-12(7-9-16(17)20)6-8-15(19)13-4-3-5-14(18)11-13/h3-11,20H,2H2,1H3/b8-6+. The molecule has 0 aliphatic carbocycles. The Labute approximate surface area is 122 Å². The van der Waals surface area contributed by atoms with Gasteiger partial charge in [0, 0.05) is 5.56 Å². The van der Waals surface area contributed by atoms with Crippen molar-refractivity contribution in [3.63, 3.8) is 0 Å². The summed E-state index contributed by atoms with van der Waals surface area (Å²) in [5.41, 5.74) is 0.996. The highest BCUT2D eigenvalue weighted by molar-refractivity contribution is 6.06. The Morgan fingerprint density at radius 1 is 1.29 bits per heavy atom. The second-order valence-electron chi connectivity index (χ2n) is 4.37. The average Bonchev–Trinajstić information content (AvgIpc) is 2.48. The van der Waals surface area contributed by atoms with Crippen molar-refractivity contribution in [1.82, 2.24) is 0 Å². The van der Waals surface area contributed by atoms with Crippen LogP contribution in [0.2, 0.25) is 0 Å². The van der Waals surface area contributed by atoms with Gasteiger partial charge in [0.25, 0.3) is 0 Å². The lowest BCUT2D eigenvalue weighted by Crippen LogP contribution is -1.95. The third kappa shape index (κ3) is 3.92. The quantitative estimate of drug-likeness (QED) is 0.671. The van der Waals surface area contributed by atoms with Crippen LogP contribution in [0.5, 0.6) is 11.5 Å². The molecule has 108 valence electrons. The number of hydrogen-bond acceptors (Lipinski definition) is 3. The number of carbonyl (C=O) groups excluding carboxylic acids is 1. The number of ether oxygens (including phenoxy) is 1. The van der Waals surface area contributed by atoms with Gasteiger partial charge < -0.3 is 9.84 Å². The van der Waals surface area contributed by atoms with Gasteiger partial charge in [-0.2, -0.15) is 0 Å². The fourth-order valence-corrected chi connectivity index (χ4v) is 1.82. The molecule has 4 heteroatoms. The summed E-state index contributed by atoms with van der Waals surface area (Å²) in [6.07, 6.45) is 2.95. The van der Waals surface area contributed by atoms with Crippen LogP contribution in [-0.2, 0) is 0 Å². The first-order chi connectivity index (χ1) is 10.1. The number of carbonyl (C=O) groups is 1. The molecule has 2 aromatic rings. The zero-order chi connectivity index (χ0) is 15.2. The molecule has 0 fully saturated rings. The van der Waals surface area contributed by atoms with Crippen molar-refractivity contribution in [3.8, 4) is 11.5 Å². The molecule has 0 bridgehead atoms. The molecule has 1 N–H and O–H groups in total.